The van der Waals surface area contributed by atoms with Gasteiger partial charge in [0.1, 0.15) is 0 Å². The molecular formula is C19H30O2. The molecule has 0 heterocycles. The van der Waals surface area contributed by atoms with E-state index in [2.05, 4.69) is 19.1 Å². The van der Waals surface area contributed by atoms with Crippen molar-refractivity contribution in [2.24, 2.45) is 0 Å². The van der Waals surface area contributed by atoms with Gasteiger partial charge in [0.15, 0.2) is 0 Å². The highest BCUT2D eigenvalue weighted by Gasteiger charge is 2.02. The summed E-state index contributed by atoms with van der Waals surface area (Å²) in [5.74, 6) is -0.0445. The molecule has 0 aliphatic heterocycles. The largest absolute Gasteiger partial charge is 0.465 e. The number of benzene rings is 1. The fourth-order valence-corrected chi connectivity index (χ4v) is 2.40. The van der Waals surface area contributed by atoms with Crippen molar-refractivity contribution in [3.8, 4) is 0 Å². The summed E-state index contributed by atoms with van der Waals surface area (Å²) in [5.41, 5.74) is 1.22. The number of carbonyl (C=O) groups excluding carboxylic acids is 1. The summed E-state index contributed by atoms with van der Waals surface area (Å²) in [6.45, 7) is 2.74. The van der Waals surface area contributed by atoms with Crippen molar-refractivity contribution >= 4 is 5.97 Å². The summed E-state index contributed by atoms with van der Waals surface area (Å²) in [6.07, 6.45) is 11.4. The SMILES string of the molecule is CCCCCCCCCCC(=O)OCCc1ccccc1. The maximum Gasteiger partial charge on any atom is 0.305 e. The second-order valence-electron chi connectivity index (χ2n) is 5.68. The molecule has 118 valence electrons. The molecule has 0 atom stereocenters. The molecule has 0 unspecified atom stereocenters. The summed E-state index contributed by atoms with van der Waals surface area (Å²) in [4.78, 5) is 11.6. The van der Waals surface area contributed by atoms with Crippen LogP contribution in [-0.4, -0.2) is 12.6 Å². The Bertz CT molecular complexity index is 359. The van der Waals surface area contributed by atoms with Crippen molar-refractivity contribution in [3.05, 3.63) is 35.9 Å². The Labute approximate surface area is 129 Å². The van der Waals surface area contributed by atoms with E-state index in [9.17, 15) is 4.79 Å². The molecule has 0 fully saturated rings. The van der Waals surface area contributed by atoms with Crippen molar-refractivity contribution < 1.29 is 9.53 Å². The highest BCUT2D eigenvalue weighted by molar-refractivity contribution is 5.69. The molecule has 0 radical (unpaired) electrons. The molecule has 0 spiro atoms. The van der Waals surface area contributed by atoms with Gasteiger partial charge in [0.2, 0.25) is 0 Å². The number of carbonyl (C=O) groups is 1. The van der Waals surface area contributed by atoms with Crippen molar-refractivity contribution in [1.29, 1.82) is 0 Å². The van der Waals surface area contributed by atoms with Gasteiger partial charge in [-0.15, -0.1) is 0 Å². The van der Waals surface area contributed by atoms with Crippen LogP contribution in [0.3, 0.4) is 0 Å². The second kappa shape index (κ2) is 12.4. The number of hydrogen-bond donors (Lipinski definition) is 0. The van der Waals surface area contributed by atoms with Crippen LogP contribution in [-0.2, 0) is 16.0 Å². The minimum Gasteiger partial charge on any atom is -0.465 e. The Kier molecular flexibility index (Phi) is 10.5. The summed E-state index contributed by atoms with van der Waals surface area (Å²) in [7, 11) is 0. The minimum atomic E-state index is -0.0445. The van der Waals surface area contributed by atoms with E-state index in [1.807, 2.05) is 18.2 Å². The molecule has 2 heteroatoms. The maximum absolute atomic E-state index is 11.6. The average Bonchev–Trinajstić information content (AvgIpc) is 2.51. The Balaban J connectivity index is 1.90. The molecule has 0 saturated carbocycles. The van der Waals surface area contributed by atoms with Crippen LogP contribution < -0.4 is 0 Å². The van der Waals surface area contributed by atoms with Crippen molar-refractivity contribution in [2.75, 3.05) is 6.61 Å². The topological polar surface area (TPSA) is 26.3 Å². The smallest absolute Gasteiger partial charge is 0.305 e. The Morgan fingerprint density at radius 2 is 1.52 bits per heavy atom. The zero-order valence-electron chi connectivity index (χ0n) is 13.5. The zero-order valence-corrected chi connectivity index (χ0v) is 13.5. The van der Waals surface area contributed by atoms with E-state index >= 15 is 0 Å². The fourth-order valence-electron chi connectivity index (χ4n) is 2.40. The highest BCUT2D eigenvalue weighted by atomic mass is 16.5. The van der Waals surface area contributed by atoms with Crippen molar-refractivity contribution in [2.45, 2.75) is 71.1 Å². The molecule has 0 saturated heterocycles. The quantitative estimate of drug-likeness (QED) is 0.385. The summed E-state index contributed by atoms with van der Waals surface area (Å²) < 4.78 is 5.27. The first-order valence-electron chi connectivity index (χ1n) is 8.52. The van der Waals surface area contributed by atoms with Crippen LogP contribution in [0.4, 0.5) is 0 Å². The predicted octanol–water partition coefficient (Wildman–Crippen LogP) is 5.30. The molecule has 0 aromatic heterocycles. The first kappa shape index (κ1) is 17.7. The van der Waals surface area contributed by atoms with Gasteiger partial charge in [-0.3, -0.25) is 4.79 Å². The molecule has 0 N–H and O–H groups in total. The Morgan fingerprint density at radius 1 is 0.905 bits per heavy atom. The number of ether oxygens (including phenoxy) is 1. The van der Waals surface area contributed by atoms with Crippen LogP contribution in [0.15, 0.2) is 30.3 Å². The van der Waals surface area contributed by atoms with E-state index in [0.717, 1.165) is 19.3 Å². The van der Waals surface area contributed by atoms with Gasteiger partial charge in [-0.1, -0.05) is 82.2 Å². The van der Waals surface area contributed by atoms with E-state index in [1.54, 1.807) is 0 Å². The molecule has 0 bridgehead atoms. The third kappa shape index (κ3) is 10.1. The van der Waals surface area contributed by atoms with Gasteiger partial charge in [-0.2, -0.15) is 0 Å². The lowest BCUT2D eigenvalue weighted by molar-refractivity contribution is -0.143. The van der Waals surface area contributed by atoms with E-state index in [4.69, 9.17) is 4.74 Å². The lowest BCUT2D eigenvalue weighted by Gasteiger charge is -2.05. The van der Waals surface area contributed by atoms with Crippen LogP contribution in [0.5, 0.6) is 0 Å². The predicted molar refractivity (Wildman–Crippen MR) is 88.3 cm³/mol. The molecular weight excluding hydrogens is 260 g/mol. The van der Waals surface area contributed by atoms with Crippen molar-refractivity contribution in [3.63, 3.8) is 0 Å². The Hall–Kier alpha value is -1.31. The summed E-state index contributed by atoms with van der Waals surface area (Å²) in [5, 5.41) is 0. The van der Waals surface area contributed by atoms with Crippen LogP contribution in [0.1, 0.15) is 70.3 Å². The lowest BCUT2D eigenvalue weighted by atomic mass is 10.1. The van der Waals surface area contributed by atoms with Gasteiger partial charge in [-0.25, -0.2) is 0 Å². The fraction of sp³-hybridized carbons (Fsp3) is 0.632. The van der Waals surface area contributed by atoms with Gasteiger partial charge < -0.3 is 4.74 Å². The monoisotopic (exact) mass is 290 g/mol. The molecule has 2 nitrogen and oxygen atoms in total. The number of hydrogen-bond acceptors (Lipinski definition) is 2. The van der Waals surface area contributed by atoms with Crippen LogP contribution in [0.2, 0.25) is 0 Å². The van der Waals surface area contributed by atoms with Gasteiger partial charge in [0.05, 0.1) is 6.61 Å². The van der Waals surface area contributed by atoms with Crippen LogP contribution in [0.25, 0.3) is 0 Å². The van der Waals surface area contributed by atoms with Gasteiger partial charge >= 0.3 is 5.97 Å². The van der Waals surface area contributed by atoms with Gasteiger partial charge in [0.25, 0.3) is 0 Å². The highest BCUT2D eigenvalue weighted by Crippen LogP contribution is 2.10. The molecule has 0 amide bonds. The van der Waals surface area contributed by atoms with E-state index in [0.29, 0.717) is 13.0 Å². The third-order valence-electron chi connectivity index (χ3n) is 3.73. The molecule has 1 aromatic rings. The molecule has 1 aromatic carbocycles. The standard InChI is InChI=1S/C19H30O2/c1-2-3-4-5-6-7-8-12-15-19(20)21-17-16-18-13-10-9-11-14-18/h9-11,13-14H,2-8,12,15-17H2,1H3. The summed E-state index contributed by atoms with van der Waals surface area (Å²) >= 11 is 0. The number of esters is 1. The average molecular weight is 290 g/mol. The van der Waals surface area contributed by atoms with Crippen LogP contribution in [0, 0.1) is 0 Å². The third-order valence-corrected chi connectivity index (χ3v) is 3.73. The number of unbranched alkanes of at least 4 members (excludes halogenated alkanes) is 7. The number of rotatable bonds is 12. The van der Waals surface area contributed by atoms with Crippen molar-refractivity contribution in [1.82, 2.24) is 0 Å². The zero-order chi connectivity index (χ0) is 15.2. The van der Waals surface area contributed by atoms with Crippen LogP contribution >= 0.6 is 0 Å². The first-order valence-corrected chi connectivity index (χ1v) is 8.52. The summed E-state index contributed by atoms with van der Waals surface area (Å²) in [6, 6.07) is 10.1. The van der Waals surface area contributed by atoms with Gasteiger partial charge in [0, 0.05) is 12.8 Å². The van der Waals surface area contributed by atoms with E-state index < -0.39 is 0 Å². The normalized spacial score (nSPS) is 10.5. The second-order valence-corrected chi connectivity index (χ2v) is 5.68. The minimum absolute atomic E-state index is 0.0445. The van der Waals surface area contributed by atoms with E-state index in [1.165, 1.54) is 44.1 Å². The molecule has 0 aliphatic rings. The van der Waals surface area contributed by atoms with E-state index in [-0.39, 0.29) is 5.97 Å². The Morgan fingerprint density at radius 3 is 2.19 bits per heavy atom. The first-order chi connectivity index (χ1) is 10.3. The molecule has 21 heavy (non-hydrogen) atoms. The molecule has 1 rings (SSSR count). The maximum atomic E-state index is 11.6. The van der Waals surface area contributed by atoms with Gasteiger partial charge in [-0.05, 0) is 12.0 Å². The molecule has 0 aliphatic carbocycles. The lowest BCUT2D eigenvalue weighted by Crippen LogP contribution is -2.07.